The van der Waals surface area contributed by atoms with E-state index in [1.165, 1.54) is 38.1 Å². The first-order chi connectivity index (χ1) is 12.8. The number of methoxy groups -OCH3 is 2. The Morgan fingerprint density at radius 2 is 1.67 bits per heavy atom. The molecule has 0 N–H and O–H groups in total. The fourth-order valence-corrected chi connectivity index (χ4v) is 4.14. The minimum atomic E-state index is -4.38. The van der Waals surface area contributed by atoms with Crippen molar-refractivity contribution in [1.29, 1.82) is 0 Å². The van der Waals surface area contributed by atoms with Crippen LogP contribution in [0.25, 0.3) is 0 Å². The van der Waals surface area contributed by atoms with Crippen molar-refractivity contribution in [2.45, 2.75) is 11.6 Å². The van der Waals surface area contributed by atoms with Gasteiger partial charge in [-0.15, -0.1) is 11.8 Å². The van der Waals surface area contributed by atoms with E-state index in [0.29, 0.717) is 34.9 Å². The molecule has 8 heteroatoms. The molecule has 2 aromatic carbocycles. The Balaban J connectivity index is 1.87. The number of carbonyl (C=O) groups excluding carboxylic acids is 1. The third kappa shape index (κ3) is 4.16. The highest BCUT2D eigenvalue weighted by Gasteiger charge is 2.34. The highest BCUT2D eigenvalue weighted by Crippen LogP contribution is 2.40. The number of nitrogens with zero attached hydrogens (tertiary/aromatic N) is 1. The van der Waals surface area contributed by atoms with Gasteiger partial charge < -0.3 is 14.4 Å². The average molecular weight is 397 g/mol. The summed E-state index contributed by atoms with van der Waals surface area (Å²) in [5, 5.41) is -0.336. The van der Waals surface area contributed by atoms with Crippen LogP contribution in [0.15, 0.2) is 42.5 Å². The molecule has 0 aliphatic carbocycles. The normalized spacial score (nSPS) is 17.1. The zero-order chi connectivity index (χ0) is 19.6. The molecule has 1 aliphatic heterocycles. The molecule has 1 atom stereocenters. The molecular weight excluding hydrogens is 379 g/mol. The van der Waals surface area contributed by atoms with Gasteiger partial charge in [0.1, 0.15) is 16.9 Å². The second-order valence-electron chi connectivity index (χ2n) is 5.94. The highest BCUT2D eigenvalue weighted by atomic mass is 32.2. The van der Waals surface area contributed by atoms with Gasteiger partial charge in [0.15, 0.2) is 0 Å². The van der Waals surface area contributed by atoms with Gasteiger partial charge in [0.25, 0.3) is 5.91 Å². The molecule has 144 valence electrons. The quantitative estimate of drug-likeness (QED) is 0.755. The molecule has 1 amide bonds. The lowest BCUT2D eigenvalue weighted by atomic mass is 10.1. The number of thioether (sulfide) groups is 1. The predicted octanol–water partition coefficient (Wildman–Crippen LogP) is 4.61. The van der Waals surface area contributed by atoms with Gasteiger partial charge in [0.2, 0.25) is 0 Å². The minimum Gasteiger partial charge on any atom is -0.497 e. The van der Waals surface area contributed by atoms with Crippen LogP contribution in [0.4, 0.5) is 13.2 Å². The Hall–Kier alpha value is -2.35. The van der Waals surface area contributed by atoms with Gasteiger partial charge >= 0.3 is 6.18 Å². The van der Waals surface area contributed by atoms with Gasteiger partial charge in [-0.05, 0) is 29.8 Å². The molecular formula is C19H18F3NO3S. The number of hydrogen-bond donors (Lipinski definition) is 0. The van der Waals surface area contributed by atoms with Crippen molar-refractivity contribution in [2.75, 3.05) is 26.5 Å². The summed E-state index contributed by atoms with van der Waals surface area (Å²) in [5.41, 5.74) is 0.365. The molecule has 3 rings (SSSR count). The van der Waals surface area contributed by atoms with Crippen molar-refractivity contribution in [3.63, 3.8) is 0 Å². The van der Waals surface area contributed by atoms with E-state index in [-0.39, 0.29) is 11.3 Å². The Kier molecular flexibility index (Phi) is 5.55. The van der Waals surface area contributed by atoms with Gasteiger partial charge in [-0.1, -0.05) is 12.1 Å². The molecule has 0 bridgehead atoms. The predicted molar refractivity (Wildman–Crippen MR) is 97.2 cm³/mol. The van der Waals surface area contributed by atoms with Gasteiger partial charge in [-0.25, -0.2) is 0 Å². The maximum absolute atomic E-state index is 13.0. The Bertz CT molecular complexity index is 802. The summed E-state index contributed by atoms with van der Waals surface area (Å²) < 4.78 is 48.7. The first-order valence-corrected chi connectivity index (χ1v) is 9.21. The lowest BCUT2D eigenvalue weighted by Crippen LogP contribution is -2.30. The molecule has 1 unspecified atom stereocenters. The number of ether oxygens (including phenoxy) is 2. The van der Waals surface area contributed by atoms with Crippen LogP contribution >= 0.6 is 11.8 Å². The number of alkyl halides is 3. The van der Waals surface area contributed by atoms with Gasteiger partial charge in [-0.3, -0.25) is 4.79 Å². The number of rotatable bonds is 4. The first-order valence-electron chi connectivity index (χ1n) is 8.16. The standard InChI is InChI=1S/C19H18F3NO3S/c1-25-15-9-13(10-16(11-15)26-2)17(24)23-7-8-27-18(23)12-3-5-14(6-4-12)19(20,21)22/h3-6,9-11,18H,7-8H2,1-2H3. The molecule has 1 heterocycles. The van der Waals surface area contributed by atoms with Crippen LogP contribution < -0.4 is 9.47 Å². The first kappa shape index (κ1) is 19.4. The van der Waals surface area contributed by atoms with Crippen molar-refractivity contribution < 1.29 is 27.4 Å². The summed E-state index contributed by atoms with van der Waals surface area (Å²) in [6.45, 7) is 0.509. The fourth-order valence-electron chi connectivity index (χ4n) is 2.89. The number of halogens is 3. The van der Waals surface area contributed by atoms with E-state index in [1.807, 2.05) is 0 Å². The maximum Gasteiger partial charge on any atom is 0.416 e. The number of amides is 1. The molecule has 27 heavy (non-hydrogen) atoms. The lowest BCUT2D eigenvalue weighted by Gasteiger charge is -2.25. The van der Waals surface area contributed by atoms with E-state index in [1.54, 1.807) is 23.1 Å². The summed E-state index contributed by atoms with van der Waals surface area (Å²) in [6, 6.07) is 9.87. The Labute approximate surface area is 159 Å². The van der Waals surface area contributed by atoms with Crippen LogP contribution in [-0.2, 0) is 6.18 Å². The molecule has 0 spiro atoms. The van der Waals surface area contributed by atoms with E-state index in [0.717, 1.165) is 12.1 Å². The highest BCUT2D eigenvalue weighted by molar-refractivity contribution is 7.99. The second kappa shape index (κ2) is 7.72. The SMILES string of the molecule is COc1cc(OC)cc(C(=O)N2CCSC2c2ccc(C(F)(F)F)cc2)c1. The molecule has 0 radical (unpaired) electrons. The second-order valence-corrected chi connectivity index (χ2v) is 7.13. The van der Waals surface area contributed by atoms with Gasteiger partial charge in [0.05, 0.1) is 19.8 Å². The van der Waals surface area contributed by atoms with Crippen LogP contribution in [0.2, 0.25) is 0 Å². The maximum atomic E-state index is 13.0. The van der Waals surface area contributed by atoms with Gasteiger partial charge in [-0.2, -0.15) is 13.2 Å². The Morgan fingerprint density at radius 3 is 2.19 bits per heavy atom. The van der Waals surface area contributed by atoms with E-state index >= 15 is 0 Å². The van der Waals surface area contributed by atoms with Gasteiger partial charge in [0, 0.05) is 23.9 Å². The van der Waals surface area contributed by atoms with Crippen LogP contribution in [0, 0.1) is 0 Å². The monoisotopic (exact) mass is 397 g/mol. The number of benzene rings is 2. The molecule has 1 saturated heterocycles. The zero-order valence-corrected chi connectivity index (χ0v) is 15.6. The smallest absolute Gasteiger partial charge is 0.416 e. The zero-order valence-electron chi connectivity index (χ0n) is 14.7. The molecule has 1 fully saturated rings. The largest absolute Gasteiger partial charge is 0.497 e. The molecule has 4 nitrogen and oxygen atoms in total. The Morgan fingerprint density at radius 1 is 1.07 bits per heavy atom. The summed E-state index contributed by atoms with van der Waals surface area (Å²) in [7, 11) is 3.00. The summed E-state index contributed by atoms with van der Waals surface area (Å²) in [5.74, 6) is 1.48. The van der Waals surface area contributed by atoms with Crippen LogP contribution in [0.1, 0.15) is 26.9 Å². The van der Waals surface area contributed by atoms with Crippen LogP contribution in [0.3, 0.4) is 0 Å². The molecule has 2 aromatic rings. The van der Waals surface area contributed by atoms with Crippen molar-refractivity contribution in [1.82, 2.24) is 4.90 Å². The van der Waals surface area contributed by atoms with Crippen molar-refractivity contribution in [3.8, 4) is 11.5 Å². The van der Waals surface area contributed by atoms with Crippen LogP contribution in [-0.4, -0.2) is 37.3 Å². The third-order valence-electron chi connectivity index (χ3n) is 4.27. The van der Waals surface area contributed by atoms with Crippen molar-refractivity contribution in [2.24, 2.45) is 0 Å². The molecule has 0 saturated carbocycles. The number of hydrogen-bond acceptors (Lipinski definition) is 4. The fraction of sp³-hybridized carbons (Fsp3) is 0.316. The summed E-state index contributed by atoms with van der Waals surface area (Å²) >= 11 is 1.52. The van der Waals surface area contributed by atoms with Crippen molar-refractivity contribution >= 4 is 17.7 Å². The van der Waals surface area contributed by atoms with Crippen LogP contribution in [0.5, 0.6) is 11.5 Å². The molecule has 1 aliphatic rings. The lowest BCUT2D eigenvalue weighted by molar-refractivity contribution is -0.137. The molecule has 0 aromatic heterocycles. The average Bonchev–Trinajstić information content (AvgIpc) is 3.16. The van der Waals surface area contributed by atoms with E-state index in [9.17, 15) is 18.0 Å². The summed E-state index contributed by atoms with van der Waals surface area (Å²) in [4.78, 5) is 14.7. The van der Waals surface area contributed by atoms with Crippen molar-refractivity contribution in [3.05, 3.63) is 59.2 Å². The third-order valence-corrected chi connectivity index (χ3v) is 5.53. The van der Waals surface area contributed by atoms with E-state index in [4.69, 9.17) is 9.47 Å². The van der Waals surface area contributed by atoms with E-state index < -0.39 is 11.7 Å². The topological polar surface area (TPSA) is 38.8 Å². The summed E-state index contributed by atoms with van der Waals surface area (Å²) in [6.07, 6.45) is -4.38. The minimum absolute atomic E-state index is 0.220. The van der Waals surface area contributed by atoms with E-state index in [2.05, 4.69) is 0 Å². The number of carbonyl (C=O) groups is 1.